The van der Waals surface area contributed by atoms with Gasteiger partial charge in [-0.2, -0.15) is 18.3 Å². The molecule has 3 aromatic heterocycles. The molecule has 0 unspecified atom stereocenters. The van der Waals surface area contributed by atoms with Gasteiger partial charge in [-0.15, -0.1) is 17.5 Å². The van der Waals surface area contributed by atoms with Crippen LogP contribution in [0.15, 0.2) is 57.9 Å². The molecule has 0 saturated carbocycles. The van der Waals surface area contributed by atoms with E-state index in [0.29, 0.717) is 5.69 Å². The van der Waals surface area contributed by atoms with Crippen molar-refractivity contribution in [2.75, 3.05) is 6.54 Å². The van der Waals surface area contributed by atoms with Gasteiger partial charge in [0.25, 0.3) is 5.56 Å². The molecule has 7 nitrogen and oxygen atoms in total. The molecule has 1 aliphatic heterocycles. The second kappa shape index (κ2) is 8.87. The first-order valence-corrected chi connectivity index (χ1v) is 9.89. The van der Waals surface area contributed by atoms with Gasteiger partial charge in [0.1, 0.15) is 29.4 Å². The molecule has 0 fully saturated rings. The van der Waals surface area contributed by atoms with Gasteiger partial charge in [0.05, 0.1) is 5.69 Å². The first-order chi connectivity index (χ1) is 15.4. The van der Waals surface area contributed by atoms with E-state index in [0.717, 1.165) is 47.9 Å². The lowest BCUT2D eigenvalue weighted by Gasteiger charge is -2.11. The largest absolute Gasteiger partial charge is 0.487 e. The lowest BCUT2D eigenvalue weighted by Crippen LogP contribution is -2.22. The smallest absolute Gasteiger partial charge is 0.435 e. The number of nitrogens with one attached hydrogen (secondary N) is 1. The average Bonchev–Trinajstić information content (AvgIpc) is 3.15. The van der Waals surface area contributed by atoms with Crippen molar-refractivity contribution in [3.63, 3.8) is 0 Å². The van der Waals surface area contributed by atoms with Gasteiger partial charge in [-0.25, -0.2) is 0 Å². The summed E-state index contributed by atoms with van der Waals surface area (Å²) in [5.41, 5.74) is 1.35. The van der Waals surface area contributed by atoms with E-state index in [-0.39, 0.29) is 36.0 Å². The normalized spacial score (nSPS) is 13.4. The van der Waals surface area contributed by atoms with Crippen LogP contribution in [0, 0.1) is 0 Å². The number of hydrogen-bond acceptors (Lipinski definition) is 6. The number of benzene rings is 1. The molecule has 4 heterocycles. The fourth-order valence-electron chi connectivity index (χ4n) is 3.66. The molecule has 0 amide bonds. The van der Waals surface area contributed by atoms with E-state index in [4.69, 9.17) is 9.15 Å². The number of furan rings is 1. The summed E-state index contributed by atoms with van der Waals surface area (Å²) < 4.78 is 50.6. The second-order valence-corrected chi connectivity index (χ2v) is 7.38. The summed E-state index contributed by atoms with van der Waals surface area (Å²) in [4.78, 5) is 12.6. The van der Waals surface area contributed by atoms with Crippen LogP contribution >= 0.6 is 12.4 Å². The number of halogens is 4. The van der Waals surface area contributed by atoms with E-state index in [1.165, 1.54) is 16.7 Å². The third-order valence-electron chi connectivity index (χ3n) is 5.26. The zero-order valence-electron chi connectivity index (χ0n) is 17.1. The number of fused-ring (bicyclic) bond motifs is 3. The van der Waals surface area contributed by atoms with Crippen LogP contribution in [0.5, 0.6) is 5.75 Å². The third kappa shape index (κ3) is 4.57. The van der Waals surface area contributed by atoms with Crippen molar-refractivity contribution in [2.45, 2.75) is 25.7 Å². The molecule has 5 rings (SSSR count). The minimum absolute atomic E-state index is 0. The highest BCUT2D eigenvalue weighted by Crippen LogP contribution is 2.30. The summed E-state index contributed by atoms with van der Waals surface area (Å²) in [6.45, 7) is 1.52. The Labute approximate surface area is 191 Å². The minimum atomic E-state index is -4.55. The van der Waals surface area contributed by atoms with Crippen molar-refractivity contribution < 1.29 is 22.3 Å². The van der Waals surface area contributed by atoms with Crippen molar-refractivity contribution in [3.8, 4) is 11.4 Å². The maximum absolute atomic E-state index is 12.6. The number of alkyl halides is 3. The Bertz CT molecular complexity index is 1350. The van der Waals surface area contributed by atoms with E-state index < -0.39 is 11.9 Å². The van der Waals surface area contributed by atoms with Crippen LogP contribution in [0.3, 0.4) is 0 Å². The Morgan fingerprint density at radius 3 is 2.70 bits per heavy atom. The molecule has 172 valence electrons. The van der Waals surface area contributed by atoms with Gasteiger partial charge in [-0.1, -0.05) is 0 Å². The highest BCUT2D eigenvalue weighted by Gasteiger charge is 2.32. The van der Waals surface area contributed by atoms with Crippen molar-refractivity contribution in [1.29, 1.82) is 0 Å². The van der Waals surface area contributed by atoms with Gasteiger partial charge in [-0.05, 0) is 30.3 Å². The highest BCUT2D eigenvalue weighted by atomic mass is 35.5. The predicted molar refractivity (Wildman–Crippen MR) is 116 cm³/mol. The third-order valence-corrected chi connectivity index (χ3v) is 5.26. The second-order valence-electron chi connectivity index (χ2n) is 7.38. The van der Waals surface area contributed by atoms with Gasteiger partial charge >= 0.3 is 6.18 Å². The van der Waals surface area contributed by atoms with Gasteiger partial charge in [0.15, 0.2) is 5.69 Å². The number of ether oxygens (including phenoxy) is 1. The van der Waals surface area contributed by atoms with E-state index in [2.05, 4.69) is 15.5 Å². The molecule has 4 aromatic rings. The molecular weight excluding hydrogens is 461 g/mol. The van der Waals surface area contributed by atoms with Gasteiger partial charge in [0.2, 0.25) is 0 Å². The maximum Gasteiger partial charge on any atom is 0.435 e. The lowest BCUT2D eigenvalue weighted by molar-refractivity contribution is -0.141. The first kappa shape index (κ1) is 22.8. The summed E-state index contributed by atoms with van der Waals surface area (Å²) in [5, 5.41) is 11.0. The van der Waals surface area contributed by atoms with E-state index in [9.17, 15) is 18.0 Å². The molecule has 0 aliphatic carbocycles. The van der Waals surface area contributed by atoms with Crippen LogP contribution in [-0.4, -0.2) is 21.3 Å². The summed E-state index contributed by atoms with van der Waals surface area (Å²) >= 11 is 0. The van der Waals surface area contributed by atoms with Crippen molar-refractivity contribution >= 4 is 23.4 Å². The molecule has 0 spiro atoms. The molecule has 0 radical (unpaired) electrons. The number of hydrogen-bond donors (Lipinski definition) is 1. The maximum atomic E-state index is 12.6. The molecule has 11 heteroatoms. The molecular formula is C22H18ClF3N4O3. The zero-order chi connectivity index (χ0) is 22.3. The SMILES string of the molecule is Cl.O=c1cc(OCc2ccc(C(F)(F)F)nn2)ccn1-c1ccc2c3c(oc2c1)CCNC3. The molecule has 1 N–H and O–H groups in total. The molecule has 33 heavy (non-hydrogen) atoms. The van der Waals surface area contributed by atoms with Crippen molar-refractivity contribution in [1.82, 2.24) is 20.1 Å². The quantitative estimate of drug-likeness (QED) is 0.477. The Morgan fingerprint density at radius 1 is 1.12 bits per heavy atom. The summed E-state index contributed by atoms with van der Waals surface area (Å²) in [7, 11) is 0. The van der Waals surface area contributed by atoms with Gasteiger partial charge in [-0.3, -0.25) is 9.36 Å². The van der Waals surface area contributed by atoms with E-state index in [1.54, 1.807) is 12.3 Å². The zero-order valence-corrected chi connectivity index (χ0v) is 17.9. The Hall–Kier alpha value is -3.37. The van der Waals surface area contributed by atoms with E-state index in [1.807, 2.05) is 18.2 Å². The lowest BCUT2D eigenvalue weighted by atomic mass is 10.1. The Kier molecular flexibility index (Phi) is 6.13. The molecule has 0 atom stereocenters. The number of aromatic nitrogens is 3. The van der Waals surface area contributed by atoms with Crippen LogP contribution in [0.1, 0.15) is 22.7 Å². The molecule has 0 saturated heterocycles. The summed E-state index contributed by atoms with van der Waals surface area (Å²) in [6.07, 6.45) is -2.15. The first-order valence-electron chi connectivity index (χ1n) is 9.89. The highest BCUT2D eigenvalue weighted by molar-refractivity contribution is 5.85. The Morgan fingerprint density at radius 2 is 1.97 bits per heavy atom. The topological polar surface area (TPSA) is 82.2 Å². The predicted octanol–water partition coefficient (Wildman–Crippen LogP) is 4.04. The van der Waals surface area contributed by atoms with Gasteiger partial charge < -0.3 is 14.5 Å². The van der Waals surface area contributed by atoms with Crippen LogP contribution in [0.25, 0.3) is 16.7 Å². The minimum Gasteiger partial charge on any atom is -0.487 e. The number of nitrogens with zero attached hydrogens (tertiary/aromatic N) is 3. The fraction of sp³-hybridized carbons (Fsp3) is 0.227. The Balaban J connectivity index is 0.00000259. The number of pyridine rings is 1. The summed E-state index contributed by atoms with van der Waals surface area (Å²) in [5.74, 6) is 1.24. The van der Waals surface area contributed by atoms with Crippen molar-refractivity contribution in [3.05, 3.63) is 81.7 Å². The fourth-order valence-corrected chi connectivity index (χ4v) is 3.66. The van der Waals surface area contributed by atoms with Crippen molar-refractivity contribution in [2.24, 2.45) is 0 Å². The van der Waals surface area contributed by atoms with Crippen LogP contribution in [0.2, 0.25) is 0 Å². The van der Waals surface area contributed by atoms with Crippen LogP contribution < -0.4 is 15.6 Å². The number of rotatable bonds is 4. The van der Waals surface area contributed by atoms with Crippen LogP contribution in [0.4, 0.5) is 13.2 Å². The van der Waals surface area contributed by atoms with E-state index >= 15 is 0 Å². The average molecular weight is 479 g/mol. The summed E-state index contributed by atoms with van der Waals surface area (Å²) in [6, 6.07) is 10.5. The van der Waals surface area contributed by atoms with Gasteiger partial charge in [0, 0.05) is 48.8 Å². The van der Waals surface area contributed by atoms with Crippen LogP contribution in [-0.2, 0) is 25.7 Å². The molecule has 1 aromatic carbocycles. The monoisotopic (exact) mass is 478 g/mol. The standard InChI is InChI=1S/C22H17F3N4O3.ClH/c23-22(24,25)20-4-1-13(27-28-20)12-31-15-6-8-29(21(30)10-15)14-2-3-16-17-11-26-7-5-18(17)32-19(16)9-14;/h1-4,6,8-10,26H,5,7,11-12H2;1H. The molecule has 0 bridgehead atoms. The molecule has 1 aliphatic rings.